The van der Waals surface area contributed by atoms with Crippen LogP contribution in [0.2, 0.25) is 5.02 Å². The minimum Gasteiger partial charge on any atom is -0.252 e. The molecule has 5 heteroatoms. The summed E-state index contributed by atoms with van der Waals surface area (Å²) in [4.78, 5) is 4.03. The second-order valence-electron chi connectivity index (χ2n) is 3.00. The molecule has 0 aliphatic carbocycles. The Labute approximate surface area is 110 Å². The molecule has 2 aromatic rings. The third kappa shape index (κ3) is 2.05. The quantitative estimate of drug-likeness (QED) is 0.546. The zero-order valence-electron chi connectivity index (χ0n) is 7.40. The van der Waals surface area contributed by atoms with Crippen molar-refractivity contribution in [3.63, 3.8) is 0 Å². The summed E-state index contributed by atoms with van der Waals surface area (Å²) in [6.07, 6.45) is 1.61. The molecule has 0 spiro atoms. The van der Waals surface area contributed by atoms with Gasteiger partial charge in [-0.3, -0.25) is 4.98 Å². The first-order valence-corrected chi connectivity index (χ1v) is 6.10. The van der Waals surface area contributed by atoms with E-state index in [-0.39, 0.29) is 0 Å². The fraction of sp³-hybridized carbons (Fsp3) is 0.100. The van der Waals surface area contributed by atoms with Crippen molar-refractivity contribution in [1.29, 1.82) is 0 Å². The van der Waals surface area contributed by atoms with Gasteiger partial charge in [0.1, 0.15) is 5.52 Å². The number of rotatable bonds is 1. The Kier molecular flexibility index (Phi) is 3.33. The summed E-state index contributed by atoms with van der Waals surface area (Å²) in [5, 5.41) is 1.04. The molecule has 0 N–H and O–H groups in total. The lowest BCUT2D eigenvalue weighted by atomic mass is 10.1. The number of nitrogens with zero attached hydrogens (tertiary/aromatic N) is 1. The number of halogens is 4. The Hall–Kier alpha value is -0.130. The molecule has 0 aliphatic rings. The first-order valence-electron chi connectivity index (χ1n) is 4.11. The molecule has 1 heterocycles. The summed E-state index contributed by atoms with van der Waals surface area (Å²) in [5.41, 5.74) is 1.18. The van der Waals surface area contributed by atoms with Crippen LogP contribution in [0.3, 0.4) is 0 Å². The standard InChI is InChI=1S/C10H5Cl2FIN/c11-3-7-6-1-5(12)2-8(13)10(6)15-4-9(7)14/h1-2,4H,3H2. The molecule has 2 rings (SSSR count). The number of fused-ring (bicyclic) bond motifs is 1. The minimum atomic E-state index is -0.416. The van der Waals surface area contributed by atoms with E-state index >= 15 is 0 Å². The highest BCUT2D eigenvalue weighted by molar-refractivity contribution is 14.1. The van der Waals surface area contributed by atoms with Crippen LogP contribution in [0.25, 0.3) is 10.9 Å². The molecule has 78 valence electrons. The second-order valence-corrected chi connectivity index (χ2v) is 4.87. The lowest BCUT2D eigenvalue weighted by Gasteiger charge is -2.06. The first-order chi connectivity index (χ1) is 7.13. The van der Waals surface area contributed by atoms with E-state index in [1.54, 1.807) is 12.3 Å². The van der Waals surface area contributed by atoms with Crippen LogP contribution >= 0.6 is 45.8 Å². The summed E-state index contributed by atoms with van der Waals surface area (Å²) in [5.74, 6) is -0.0999. The summed E-state index contributed by atoms with van der Waals surface area (Å²) in [7, 11) is 0. The molecule has 0 radical (unpaired) electrons. The van der Waals surface area contributed by atoms with Crippen molar-refractivity contribution in [3.05, 3.63) is 38.3 Å². The average Bonchev–Trinajstić information content (AvgIpc) is 2.17. The molecule has 0 aliphatic heterocycles. The van der Waals surface area contributed by atoms with E-state index in [2.05, 4.69) is 27.6 Å². The molecular formula is C10H5Cl2FIN. The van der Waals surface area contributed by atoms with Gasteiger partial charge in [-0.25, -0.2) is 4.39 Å². The van der Waals surface area contributed by atoms with Gasteiger partial charge in [0.15, 0.2) is 5.82 Å². The number of hydrogen-bond donors (Lipinski definition) is 0. The van der Waals surface area contributed by atoms with Crippen LogP contribution in [-0.4, -0.2) is 4.98 Å². The highest BCUT2D eigenvalue weighted by Gasteiger charge is 2.10. The van der Waals surface area contributed by atoms with Crippen LogP contribution in [-0.2, 0) is 5.88 Å². The topological polar surface area (TPSA) is 12.9 Å². The van der Waals surface area contributed by atoms with Gasteiger partial charge in [0.25, 0.3) is 0 Å². The van der Waals surface area contributed by atoms with Crippen LogP contribution in [0.15, 0.2) is 18.3 Å². The molecule has 15 heavy (non-hydrogen) atoms. The van der Waals surface area contributed by atoms with Crippen molar-refractivity contribution >= 4 is 56.7 Å². The molecule has 0 unspecified atom stereocenters. The largest absolute Gasteiger partial charge is 0.252 e. The maximum absolute atomic E-state index is 13.5. The zero-order chi connectivity index (χ0) is 11.0. The van der Waals surface area contributed by atoms with Crippen LogP contribution in [0, 0.1) is 9.39 Å². The lowest BCUT2D eigenvalue weighted by Crippen LogP contribution is -1.93. The normalized spacial score (nSPS) is 10.9. The molecule has 0 saturated carbocycles. The molecule has 0 fully saturated rings. The van der Waals surface area contributed by atoms with Crippen LogP contribution in [0.1, 0.15) is 5.56 Å². The van der Waals surface area contributed by atoms with Gasteiger partial charge in [-0.15, -0.1) is 11.6 Å². The number of hydrogen-bond acceptors (Lipinski definition) is 1. The maximum Gasteiger partial charge on any atom is 0.150 e. The minimum absolute atomic E-state index is 0.315. The van der Waals surface area contributed by atoms with E-state index in [1.807, 2.05) is 0 Å². The van der Waals surface area contributed by atoms with E-state index in [1.165, 1.54) is 6.07 Å². The van der Waals surface area contributed by atoms with Gasteiger partial charge in [-0.2, -0.15) is 0 Å². The summed E-state index contributed by atoms with van der Waals surface area (Å²) >= 11 is 13.7. The predicted octanol–water partition coefficient (Wildman–Crippen LogP) is 4.37. The molecule has 0 saturated heterocycles. The Morgan fingerprint density at radius 1 is 1.40 bits per heavy atom. The van der Waals surface area contributed by atoms with E-state index < -0.39 is 5.82 Å². The van der Waals surface area contributed by atoms with Gasteiger partial charge in [-0.05, 0) is 40.3 Å². The van der Waals surface area contributed by atoms with Crippen LogP contribution in [0.5, 0.6) is 0 Å². The van der Waals surface area contributed by atoms with E-state index in [9.17, 15) is 4.39 Å². The van der Waals surface area contributed by atoms with Crippen molar-refractivity contribution in [3.8, 4) is 0 Å². The van der Waals surface area contributed by atoms with Gasteiger partial charge in [0.2, 0.25) is 0 Å². The highest BCUT2D eigenvalue weighted by atomic mass is 127. The molecule has 1 aromatic carbocycles. The van der Waals surface area contributed by atoms with E-state index in [0.29, 0.717) is 21.8 Å². The van der Waals surface area contributed by atoms with Crippen molar-refractivity contribution in [2.45, 2.75) is 5.88 Å². The van der Waals surface area contributed by atoms with Crippen molar-refractivity contribution in [1.82, 2.24) is 4.98 Å². The molecule has 0 bridgehead atoms. The third-order valence-electron chi connectivity index (χ3n) is 2.08. The maximum atomic E-state index is 13.5. The molecular weight excluding hydrogens is 351 g/mol. The predicted molar refractivity (Wildman–Crippen MR) is 69.0 cm³/mol. The van der Waals surface area contributed by atoms with Crippen molar-refractivity contribution < 1.29 is 4.39 Å². The molecule has 0 amide bonds. The number of pyridine rings is 1. The number of alkyl halides is 1. The number of benzene rings is 1. The molecule has 0 atom stereocenters. The monoisotopic (exact) mass is 355 g/mol. The lowest BCUT2D eigenvalue weighted by molar-refractivity contribution is 0.636. The van der Waals surface area contributed by atoms with Crippen molar-refractivity contribution in [2.24, 2.45) is 0 Å². The van der Waals surface area contributed by atoms with Gasteiger partial charge in [0.05, 0.1) is 0 Å². The Morgan fingerprint density at radius 3 is 2.80 bits per heavy atom. The molecule has 1 aromatic heterocycles. The van der Waals surface area contributed by atoms with Gasteiger partial charge < -0.3 is 0 Å². The SMILES string of the molecule is Fc1cc(Cl)cc2c(CCl)c(I)cnc12. The third-order valence-corrected chi connectivity index (χ3v) is 3.50. The average molecular weight is 356 g/mol. The van der Waals surface area contributed by atoms with Crippen LogP contribution < -0.4 is 0 Å². The van der Waals surface area contributed by atoms with E-state index in [4.69, 9.17) is 23.2 Å². The van der Waals surface area contributed by atoms with Gasteiger partial charge in [0, 0.05) is 26.1 Å². The summed E-state index contributed by atoms with van der Waals surface area (Å²) in [6.45, 7) is 0. The molecule has 1 nitrogen and oxygen atoms in total. The van der Waals surface area contributed by atoms with Gasteiger partial charge in [-0.1, -0.05) is 11.6 Å². The summed E-state index contributed by atoms with van der Waals surface area (Å²) in [6, 6.07) is 2.94. The fourth-order valence-corrected chi connectivity index (χ4v) is 2.73. The first kappa shape index (κ1) is 11.4. The zero-order valence-corrected chi connectivity index (χ0v) is 11.1. The van der Waals surface area contributed by atoms with Gasteiger partial charge >= 0.3 is 0 Å². The Morgan fingerprint density at radius 2 is 2.13 bits per heavy atom. The van der Waals surface area contributed by atoms with E-state index in [0.717, 1.165) is 9.13 Å². The van der Waals surface area contributed by atoms with Crippen molar-refractivity contribution in [2.75, 3.05) is 0 Å². The van der Waals surface area contributed by atoms with Crippen LogP contribution in [0.4, 0.5) is 4.39 Å². The summed E-state index contributed by atoms with van der Waals surface area (Å²) < 4.78 is 14.4. The fourth-order valence-electron chi connectivity index (χ4n) is 1.39. The smallest absolute Gasteiger partial charge is 0.150 e. The Bertz CT molecular complexity index is 530. The number of aromatic nitrogens is 1. The second kappa shape index (κ2) is 4.39. The highest BCUT2D eigenvalue weighted by Crippen LogP contribution is 2.28. The Balaban J connectivity index is 2.91.